The van der Waals surface area contributed by atoms with E-state index in [4.69, 9.17) is 20.4 Å². The molecule has 1 amide bonds. The standard InChI is InChI=1S/C25H31N5O5/c26-24(27-33)20-6-8-21(9-7-20)30-17-22(35-25(30)32)16-29-14-12-28(13-15-29)11-10-23(31)34-18-19-4-2-1-3-5-19/h1-9,22,33H,10-18H2,(H2,26,27). The van der Waals surface area contributed by atoms with Gasteiger partial charge in [0.1, 0.15) is 12.7 Å². The highest BCUT2D eigenvalue weighted by Gasteiger charge is 2.34. The molecule has 10 heteroatoms. The summed E-state index contributed by atoms with van der Waals surface area (Å²) in [7, 11) is 0. The molecule has 0 aromatic heterocycles. The van der Waals surface area contributed by atoms with Crippen molar-refractivity contribution in [3.8, 4) is 0 Å². The maximum Gasteiger partial charge on any atom is 0.414 e. The Kier molecular flexibility index (Phi) is 8.17. The number of amidine groups is 1. The number of carbonyl (C=O) groups excluding carboxylic acids is 2. The van der Waals surface area contributed by atoms with Crippen LogP contribution in [0.5, 0.6) is 0 Å². The number of carbonyl (C=O) groups is 2. The Morgan fingerprint density at radius 2 is 1.74 bits per heavy atom. The second kappa shape index (κ2) is 11.7. The van der Waals surface area contributed by atoms with Crippen LogP contribution in [0.25, 0.3) is 0 Å². The molecule has 0 bridgehead atoms. The largest absolute Gasteiger partial charge is 0.461 e. The number of hydrogen-bond donors (Lipinski definition) is 2. The smallest absolute Gasteiger partial charge is 0.414 e. The summed E-state index contributed by atoms with van der Waals surface area (Å²) in [6, 6.07) is 16.6. The molecular weight excluding hydrogens is 450 g/mol. The summed E-state index contributed by atoms with van der Waals surface area (Å²) in [6.45, 7) is 5.52. The molecule has 186 valence electrons. The van der Waals surface area contributed by atoms with Crippen LogP contribution in [0.4, 0.5) is 10.5 Å². The lowest BCUT2D eigenvalue weighted by Crippen LogP contribution is -2.49. The zero-order valence-corrected chi connectivity index (χ0v) is 19.6. The third-order valence-electron chi connectivity index (χ3n) is 6.26. The van der Waals surface area contributed by atoms with Gasteiger partial charge in [-0.05, 0) is 29.8 Å². The predicted molar refractivity (Wildman–Crippen MR) is 130 cm³/mol. The Bertz CT molecular complexity index is 1020. The molecule has 0 radical (unpaired) electrons. The molecule has 4 rings (SSSR count). The molecule has 1 unspecified atom stereocenters. The van der Waals surface area contributed by atoms with E-state index in [1.807, 2.05) is 30.3 Å². The molecule has 10 nitrogen and oxygen atoms in total. The van der Waals surface area contributed by atoms with Crippen molar-refractivity contribution >= 4 is 23.6 Å². The van der Waals surface area contributed by atoms with Gasteiger partial charge in [-0.15, -0.1) is 0 Å². The second-order valence-electron chi connectivity index (χ2n) is 8.69. The minimum Gasteiger partial charge on any atom is -0.461 e. The Morgan fingerprint density at radius 3 is 2.43 bits per heavy atom. The lowest BCUT2D eigenvalue weighted by molar-refractivity contribution is -0.145. The van der Waals surface area contributed by atoms with E-state index in [0.717, 1.165) is 31.7 Å². The maximum atomic E-state index is 12.4. The van der Waals surface area contributed by atoms with Crippen molar-refractivity contribution in [3.05, 3.63) is 65.7 Å². The van der Waals surface area contributed by atoms with Crippen LogP contribution in [-0.2, 0) is 20.9 Å². The summed E-state index contributed by atoms with van der Waals surface area (Å²) in [5, 5.41) is 11.8. The minimum absolute atomic E-state index is 0.0154. The summed E-state index contributed by atoms with van der Waals surface area (Å²) in [5.74, 6) is -0.171. The molecule has 1 atom stereocenters. The van der Waals surface area contributed by atoms with Crippen LogP contribution in [0, 0.1) is 0 Å². The van der Waals surface area contributed by atoms with Crippen LogP contribution in [0.1, 0.15) is 17.5 Å². The van der Waals surface area contributed by atoms with E-state index in [1.165, 1.54) is 0 Å². The molecule has 2 aromatic rings. The van der Waals surface area contributed by atoms with Gasteiger partial charge in [-0.3, -0.25) is 14.6 Å². The van der Waals surface area contributed by atoms with E-state index < -0.39 is 0 Å². The van der Waals surface area contributed by atoms with Gasteiger partial charge in [-0.1, -0.05) is 35.5 Å². The fraction of sp³-hybridized carbons (Fsp3) is 0.400. The number of benzene rings is 2. The van der Waals surface area contributed by atoms with Crippen molar-refractivity contribution in [1.82, 2.24) is 9.80 Å². The van der Waals surface area contributed by atoms with Crippen molar-refractivity contribution < 1.29 is 24.3 Å². The molecule has 2 saturated heterocycles. The molecule has 35 heavy (non-hydrogen) atoms. The number of oxime groups is 1. The zero-order chi connectivity index (χ0) is 24.6. The Morgan fingerprint density at radius 1 is 1.06 bits per heavy atom. The molecular formula is C25H31N5O5. The molecule has 2 aliphatic rings. The lowest BCUT2D eigenvalue weighted by atomic mass is 10.2. The second-order valence-corrected chi connectivity index (χ2v) is 8.69. The number of anilines is 1. The molecule has 2 aliphatic heterocycles. The third kappa shape index (κ3) is 6.71. The van der Waals surface area contributed by atoms with Crippen LogP contribution in [0.15, 0.2) is 59.8 Å². The fourth-order valence-corrected chi connectivity index (χ4v) is 4.24. The average Bonchev–Trinajstić information content (AvgIpc) is 3.26. The van der Waals surface area contributed by atoms with Crippen molar-refractivity contribution in [1.29, 1.82) is 0 Å². The normalized spacial score (nSPS) is 19.5. The van der Waals surface area contributed by atoms with Crippen LogP contribution in [0.2, 0.25) is 0 Å². The molecule has 0 spiro atoms. The highest BCUT2D eigenvalue weighted by molar-refractivity contribution is 5.98. The fourth-order valence-electron chi connectivity index (χ4n) is 4.24. The van der Waals surface area contributed by atoms with Crippen LogP contribution in [-0.4, -0.2) is 84.8 Å². The molecule has 2 aromatic carbocycles. The van der Waals surface area contributed by atoms with Gasteiger partial charge in [0, 0.05) is 50.5 Å². The summed E-state index contributed by atoms with van der Waals surface area (Å²) in [5.41, 5.74) is 7.85. The van der Waals surface area contributed by atoms with Crippen molar-refractivity contribution in [2.45, 2.75) is 19.1 Å². The molecule has 2 heterocycles. The summed E-state index contributed by atoms with van der Waals surface area (Å²) >= 11 is 0. The number of piperazine rings is 1. The number of cyclic esters (lactones) is 1. The van der Waals surface area contributed by atoms with Gasteiger partial charge in [0.05, 0.1) is 13.0 Å². The Hall–Kier alpha value is -3.63. The van der Waals surface area contributed by atoms with Gasteiger partial charge in [-0.2, -0.15) is 0 Å². The van der Waals surface area contributed by atoms with E-state index in [2.05, 4.69) is 15.0 Å². The number of amides is 1. The first-order valence-electron chi connectivity index (χ1n) is 11.7. The van der Waals surface area contributed by atoms with E-state index in [9.17, 15) is 9.59 Å². The molecule has 0 saturated carbocycles. The zero-order valence-electron chi connectivity index (χ0n) is 19.6. The summed E-state index contributed by atoms with van der Waals surface area (Å²) in [4.78, 5) is 30.6. The number of nitrogens with zero attached hydrogens (tertiary/aromatic N) is 4. The number of esters is 1. The minimum atomic E-state index is -0.376. The Balaban J connectivity index is 1.16. The van der Waals surface area contributed by atoms with Crippen molar-refractivity contribution in [2.24, 2.45) is 10.9 Å². The first-order valence-corrected chi connectivity index (χ1v) is 11.7. The van der Waals surface area contributed by atoms with Gasteiger partial charge >= 0.3 is 12.1 Å². The SMILES string of the molecule is N/C(=N\O)c1ccc(N2CC(CN3CCN(CCC(=O)OCc4ccccc4)CC3)OC2=O)cc1. The summed E-state index contributed by atoms with van der Waals surface area (Å²) in [6.07, 6.45) is -0.221. The Labute approximate surface area is 204 Å². The van der Waals surface area contributed by atoms with Crippen LogP contribution < -0.4 is 10.6 Å². The van der Waals surface area contributed by atoms with Gasteiger partial charge in [0.15, 0.2) is 5.84 Å². The number of ether oxygens (including phenoxy) is 2. The third-order valence-corrected chi connectivity index (χ3v) is 6.26. The highest BCUT2D eigenvalue weighted by Crippen LogP contribution is 2.23. The number of hydrogen-bond acceptors (Lipinski definition) is 8. The molecule has 3 N–H and O–H groups in total. The van der Waals surface area contributed by atoms with E-state index in [-0.39, 0.29) is 24.0 Å². The lowest BCUT2D eigenvalue weighted by Gasteiger charge is -2.35. The quantitative estimate of drug-likeness (QED) is 0.183. The van der Waals surface area contributed by atoms with E-state index >= 15 is 0 Å². The average molecular weight is 482 g/mol. The van der Waals surface area contributed by atoms with Gasteiger partial charge in [0.2, 0.25) is 0 Å². The monoisotopic (exact) mass is 481 g/mol. The van der Waals surface area contributed by atoms with Gasteiger partial charge in [0.25, 0.3) is 0 Å². The topological polar surface area (TPSA) is 121 Å². The first kappa shape index (κ1) is 24.5. The molecule has 2 fully saturated rings. The number of rotatable bonds is 9. The number of nitrogens with two attached hydrogens (primary N) is 1. The highest BCUT2D eigenvalue weighted by atomic mass is 16.6. The van der Waals surface area contributed by atoms with Gasteiger partial charge < -0.3 is 25.3 Å². The van der Waals surface area contributed by atoms with E-state index in [0.29, 0.717) is 43.9 Å². The van der Waals surface area contributed by atoms with Crippen LogP contribution >= 0.6 is 0 Å². The summed E-state index contributed by atoms with van der Waals surface area (Å²) < 4.78 is 10.9. The van der Waals surface area contributed by atoms with Gasteiger partial charge in [-0.25, -0.2) is 4.79 Å². The van der Waals surface area contributed by atoms with Crippen LogP contribution in [0.3, 0.4) is 0 Å². The van der Waals surface area contributed by atoms with Crippen molar-refractivity contribution in [3.63, 3.8) is 0 Å². The first-order chi connectivity index (χ1) is 17.0. The molecule has 0 aliphatic carbocycles. The van der Waals surface area contributed by atoms with E-state index in [1.54, 1.807) is 29.2 Å². The maximum absolute atomic E-state index is 12.4. The predicted octanol–water partition coefficient (Wildman–Crippen LogP) is 1.86. The van der Waals surface area contributed by atoms with Crippen molar-refractivity contribution in [2.75, 3.05) is 50.7 Å².